The van der Waals surface area contributed by atoms with Crippen molar-refractivity contribution in [1.82, 2.24) is 14.9 Å². The zero-order valence-electron chi connectivity index (χ0n) is 17.3. The van der Waals surface area contributed by atoms with E-state index in [4.69, 9.17) is 0 Å². The Kier molecular flexibility index (Phi) is 7.79. The summed E-state index contributed by atoms with van der Waals surface area (Å²) in [6.45, 7) is 2.42. The lowest BCUT2D eigenvalue weighted by atomic mass is 10.0. The minimum absolute atomic E-state index is 0.0952. The van der Waals surface area contributed by atoms with Crippen molar-refractivity contribution in [3.63, 3.8) is 0 Å². The van der Waals surface area contributed by atoms with Gasteiger partial charge >= 0.3 is 11.8 Å². The molecule has 1 atom stereocenters. The summed E-state index contributed by atoms with van der Waals surface area (Å²) >= 11 is 1.49. The lowest BCUT2D eigenvalue weighted by molar-refractivity contribution is -0.139. The quantitative estimate of drug-likeness (QED) is 0.612. The van der Waals surface area contributed by atoms with Crippen molar-refractivity contribution in [2.45, 2.75) is 50.1 Å². The SMILES string of the molecule is Cc1cc(F)ccc1S(=O)(=O)N1CCCCC1CCNC(=O)C(=O)NCc1cccs1. The molecule has 168 valence electrons. The summed E-state index contributed by atoms with van der Waals surface area (Å²) in [4.78, 5) is 25.0. The number of benzene rings is 1. The molecule has 0 saturated carbocycles. The molecule has 1 aromatic heterocycles. The molecule has 2 N–H and O–H groups in total. The summed E-state index contributed by atoms with van der Waals surface area (Å²) in [5, 5.41) is 7.02. The minimum atomic E-state index is -3.78. The number of hydrogen-bond donors (Lipinski definition) is 2. The fourth-order valence-corrected chi connectivity index (χ4v) is 6.28. The van der Waals surface area contributed by atoms with E-state index < -0.39 is 27.7 Å². The van der Waals surface area contributed by atoms with E-state index in [-0.39, 0.29) is 24.0 Å². The highest BCUT2D eigenvalue weighted by Gasteiger charge is 2.34. The number of carbonyl (C=O) groups is 2. The van der Waals surface area contributed by atoms with Crippen LogP contribution in [0.4, 0.5) is 4.39 Å². The monoisotopic (exact) mass is 467 g/mol. The smallest absolute Gasteiger partial charge is 0.309 e. The summed E-state index contributed by atoms with van der Waals surface area (Å²) < 4.78 is 41.2. The molecule has 0 radical (unpaired) electrons. The molecule has 0 aliphatic carbocycles. The maximum Gasteiger partial charge on any atom is 0.309 e. The van der Waals surface area contributed by atoms with Crippen LogP contribution in [0.5, 0.6) is 0 Å². The number of carbonyl (C=O) groups excluding carboxylic acids is 2. The van der Waals surface area contributed by atoms with Gasteiger partial charge in [-0.1, -0.05) is 12.5 Å². The minimum Gasteiger partial charge on any atom is -0.348 e. The van der Waals surface area contributed by atoms with E-state index in [9.17, 15) is 22.4 Å². The fraction of sp³-hybridized carbons (Fsp3) is 0.429. The van der Waals surface area contributed by atoms with Crippen LogP contribution >= 0.6 is 11.3 Å². The molecule has 2 amide bonds. The van der Waals surface area contributed by atoms with Gasteiger partial charge in [-0.25, -0.2) is 12.8 Å². The Hall–Kier alpha value is -2.30. The number of piperidine rings is 1. The number of sulfonamides is 1. The Morgan fingerprint density at radius 2 is 1.97 bits per heavy atom. The number of halogens is 1. The van der Waals surface area contributed by atoms with Gasteiger partial charge in [0, 0.05) is 24.0 Å². The highest BCUT2D eigenvalue weighted by molar-refractivity contribution is 7.89. The van der Waals surface area contributed by atoms with Gasteiger partial charge in [-0.3, -0.25) is 9.59 Å². The molecule has 1 aromatic carbocycles. The van der Waals surface area contributed by atoms with Gasteiger partial charge in [0.1, 0.15) is 5.82 Å². The molecule has 3 rings (SSSR count). The van der Waals surface area contributed by atoms with Gasteiger partial charge < -0.3 is 10.6 Å². The lowest BCUT2D eigenvalue weighted by Crippen LogP contribution is -2.46. The van der Waals surface area contributed by atoms with Gasteiger partial charge in [-0.05, 0) is 61.4 Å². The standard InChI is InChI=1S/C21H26FN3O4S2/c1-15-13-16(22)7-8-19(15)31(28,29)25-11-3-2-5-17(25)9-10-23-20(26)21(27)24-14-18-6-4-12-30-18/h4,6-8,12-13,17H,2-3,5,9-11,14H2,1H3,(H,23,26)(H,24,27). The molecule has 31 heavy (non-hydrogen) atoms. The third-order valence-corrected chi connectivity index (χ3v) is 8.26. The van der Waals surface area contributed by atoms with Gasteiger partial charge in [0.05, 0.1) is 11.4 Å². The van der Waals surface area contributed by atoms with Crippen LogP contribution in [0.3, 0.4) is 0 Å². The van der Waals surface area contributed by atoms with E-state index in [1.165, 1.54) is 27.8 Å². The van der Waals surface area contributed by atoms with Crippen molar-refractivity contribution in [2.75, 3.05) is 13.1 Å². The van der Waals surface area contributed by atoms with Crippen LogP contribution in [0.25, 0.3) is 0 Å². The van der Waals surface area contributed by atoms with Gasteiger partial charge in [0.25, 0.3) is 0 Å². The molecule has 10 heteroatoms. The number of rotatable bonds is 7. The van der Waals surface area contributed by atoms with Gasteiger partial charge in [0.2, 0.25) is 10.0 Å². The highest BCUT2D eigenvalue weighted by atomic mass is 32.2. The Labute approximate surface area is 185 Å². The van der Waals surface area contributed by atoms with Crippen LogP contribution in [0, 0.1) is 12.7 Å². The van der Waals surface area contributed by atoms with E-state index >= 15 is 0 Å². The second kappa shape index (κ2) is 10.3. The average Bonchev–Trinajstić information content (AvgIpc) is 3.25. The Morgan fingerprint density at radius 1 is 1.19 bits per heavy atom. The third-order valence-electron chi connectivity index (χ3n) is 5.27. The lowest BCUT2D eigenvalue weighted by Gasteiger charge is -2.35. The Morgan fingerprint density at radius 3 is 2.68 bits per heavy atom. The summed E-state index contributed by atoms with van der Waals surface area (Å²) in [5.74, 6) is -1.94. The van der Waals surface area contributed by atoms with Gasteiger partial charge in [0.15, 0.2) is 0 Å². The number of nitrogens with zero attached hydrogens (tertiary/aromatic N) is 1. The van der Waals surface area contributed by atoms with Crippen molar-refractivity contribution in [3.05, 3.63) is 52.0 Å². The Bertz CT molecular complexity index is 1030. The van der Waals surface area contributed by atoms with Crippen LogP contribution in [0.15, 0.2) is 40.6 Å². The van der Waals surface area contributed by atoms with Crippen LogP contribution in [-0.2, 0) is 26.2 Å². The Balaban J connectivity index is 1.57. The number of hydrogen-bond acceptors (Lipinski definition) is 5. The average molecular weight is 468 g/mol. The van der Waals surface area contributed by atoms with Crippen molar-refractivity contribution < 1.29 is 22.4 Å². The number of amides is 2. The summed E-state index contributed by atoms with van der Waals surface area (Å²) in [5.41, 5.74) is 0.361. The summed E-state index contributed by atoms with van der Waals surface area (Å²) in [7, 11) is -3.78. The van der Waals surface area contributed by atoms with Crippen molar-refractivity contribution in [1.29, 1.82) is 0 Å². The second-order valence-electron chi connectivity index (χ2n) is 7.48. The third kappa shape index (κ3) is 5.90. The van der Waals surface area contributed by atoms with E-state index in [1.807, 2.05) is 17.5 Å². The molecule has 0 bridgehead atoms. The van der Waals surface area contributed by atoms with Crippen LogP contribution in [0.1, 0.15) is 36.1 Å². The van der Waals surface area contributed by atoms with Crippen LogP contribution in [0.2, 0.25) is 0 Å². The molecule has 1 fully saturated rings. The van der Waals surface area contributed by atoms with Gasteiger partial charge in [-0.2, -0.15) is 4.31 Å². The summed E-state index contributed by atoms with van der Waals surface area (Å²) in [6.07, 6.45) is 2.69. The van der Waals surface area contributed by atoms with Crippen molar-refractivity contribution >= 4 is 33.2 Å². The number of thiophene rings is 1. The summed E-state index contributed by atoms with van der Waals surface area (Å²) in [6, 6.07) is 7.09. The first-order chi connectivity index (χ1) is 14.8. The first kappa shape index (κ1) is 23.4. The maximum atomic E-state index is 13.4. The van der Waals surface area contributed by atoms with Gasteiger partial charge in [-0.15, -0.1) is 11.3 Å². The molecule has 2 heterocycles. The van der Waals surface area contributed by atoms with E-state index in [0.29, 0.717) is 24.9 Å². The first-order valence-electron chi connectivity index (χ1n) is 10.2. The molecule has 1 saturated heterocycles. The first-order valence-corrected chi connectivity index (χ1v) is 12.5. The van der Waals surface area contributed by atoms with E-state index in [2.05, 4.69) is 10.6 Å². The normalized spacial score (nSPS) is 17.3. The second-order valence-corrected chi connectivity index (χ2v) is 10.4. The van der Waals surface area contributed by atoms with Crippen LogP contribution in [-0.4, -0.2) is 43.7 Å². The van der Waals surface area contributed by atoms with E-state index in [0.717, 1.165) is 23.8 Å². The molecule has 2 aromatic rings. The zero-order valence-corrected chi connectivity index (χ0v) is 18.9. The number of nitrogens with one attached hydrogen (secondary N) is 2. The maximum absolute atomic E-state index is 13.4. The van der Waals surface area contributed by atoms with Crippen molar-refractivity contribution in [2.24, 2.45) is 0 Å². The van der Waals surface area contributed by atoms with Crippen LogP contribution < -0.4 is 10.6 Å². The topological polar surface area (TPSA) is 95.6 Å². The molecule has 7 nitrogen and oxygen atoms in total. The molecular formula is C21H26FN3O4S2. The van der Waals surface area contributed by atoms with E-state index in [1.54, 1.807) is 6.92 Å². The largest absolute Gasteiger partial charge is 0.348 e. The molecule has 1 unspecified atom stereocenters. The predicted molar refractivity (Wildman–Crippen MR) is 116 cm³/mol. The molecular weight excluding hydrogens is 441 g/mol. The zero-order chi connectivity index (χ0) is 22.4. The molecule has 1 aliphatic rings. The predicted octanol–water partition coefficient (Wildman–Crippen LogP) is 2.56. The van der Waals surface area contributed by atoms with Crippen molar-refractivity contribution in [3.8, 4) is 0 Å². The molecule has 0 spiro atoms. The molecule has 1 aliphatic heterocycles. The number of aryl methyl sites for hydroxylation is 1. The highest BCUT2D eigenvalue weighted by Crippen LogP contribution is 2.28. The fourth-order valence-electron chi connectivity index (χ4n) is 3.70.